The lowest BCUT2D eigenvalue weighted by molar-refractivity contribution is 0.102. The third-order valence-corrected chi connectivity index (χ3v) is 3.79. The number of halogens is 1. The lowest BCUT2D eigenvalue weighted by Crippen LogP contribution is -2.13. The average Bonchev–Trinajstić information content (AvgIpc) is 2.47. The molecule has 0 aliphatic rings. The maximum atomic E-state index is 12.3. The Bertz CT molecular complexity index is 671. The van der Waals surface area contributed by atoms with Crippen LogP contribution in [0.4, 0.5) is 11.4 Å². The first-order valence-corrected chi connectivity index (χ1v) is 7.27. The molecule has 0 radical (unpaired) electrons. The van der Waals surface area contributed by atoms with E-state index in [4.69, 9.17) is 4.74 Å². The van der Waals surface area contributed by atoms with Gasteiger partial charge in [-0.3, -0.25) is 4.79 Å². The zero-order valence-corrected chi connectivity index (χ0v) is 13.7. The number of hydrogen-bond donors (Lipinski definition) is 2. The molecule has 0 atom stereocenters. The molecule has 1 amide bonds. The molecule has 0 aliphatic heterocycles. The van der Waals surface area contributed by atoms with Crippen LogP contribution in [0, 0.1) is 6.92 Å². The first kappa shape index (κ1) is 15.4. The van der Waals surface area contributed by atoms with Gasteiger partial charge < -0.3 is 15.4 Å². The lowest BCUT2D eigenvalue weighted by atomic mass is 10.1. The Morgan fingerprint density at radius 1 is 1.14 bits per heavy atom. The van der Waals surface area contributed by atoms with E-state index in [-0.39, 0.29) is 5.91 Å². The zero-order valence-electron chi connectivity index (χ0n) is 12.2. The zero-order chi connectivity index (χ0) is 15.4. The summed E-state index contributed by atoms with van der Waals surface area (Å²) in [6.45, 7) is 1.92. The standard InChI is InChI=1S/C16H17BrN2O2/c1-10-8-11(18-2)4-6-13(10)16(20)19-12-5-7-15(21-3)14(17)9-12/h4-9,18H,1-3H3,(H,19,20). The Labute approximate surface area is 132 Å². The molecule has 0 heterocycles. The van der Waals surface area contributed by atoms with Crippen LogP contribution < -0.4 is 15.4 Å². The molecule has 0 bridgehead atoms. The Hall–Kier alpha value is -2.01. The van der Waals surface area contributed by atoms with Crippen molar-refractivity contribution >= 4 is 33.2 Å². The largest absolute Gasteiger partial charge is 0.496 e. The van der Waals surface area contributed by atoms with E-state index in [2.05, 4.69) is 26.6 Å². The molecule has 2 rings (SSSR count). The van der Waals surface area contributed by atoms with Gasteiger partial charge in [0.25, 0.3) is 5.91 Å². The summed E-state index contributed by atoms with van der Waals surface area (Å²) in [4.78, 5) is 12.3. The second kappa shape index (κ2) is 6.63. The number of hydrogen-bond acceptors (Lipinski definition) is 3. The van der Waals surface area contributed by atoms with Crippen molar-refractivity contribution in [2.75, 3.05) is 24.8 Å². The van der Waals surface area contributed by atoms with Crippen molar-refractivity contribution < 1.29 is 9.53 Å². The summed E-state index contributed by atoms with van der Waals surface area (Å²) in [5.41, 5.74) is 3.27. The van der Waals surface area contributed by atoms with E-state index in [0.717, 1.165) is 21.5 Å². The summed E-state index contributed by atoms with van der Waals surface area (Å²) in [7, 11) is 3.45. The number of rotatable bonds is 4. The van der Waals surface area contributed by atoms with Crippen LogP contribution in [0.5, 0.6) is 5.75 Å². The van der Waals surface area contributed by atoms with Gasteiger partial charge in [-0.05, 0) is 64.8 Å². The number of ether oxygens (including phenoxy) is 1. The summed E-state index contributed by atoms with van der Waals surface area (Å²) in [6.07, 6.45) is 0. The molecular weight excluding hydrogens is 332 g/mol. The van der Waals surface area contributed by atoms with Crippen molar-refractivity contribution in [2.24, 2.45) is 0 Å². The third-order valence-electron chi connectivity index (χ3n) is 3.17. The minimum absolute atomic E-state index is 0.132. The second-order valence-corrected chi connectivity index (χ2v) is 5.44. The fourth-order valence-electron chi connectivity index (χ4n) is 2.02. The molecule has 21 heavy (non-hydrogen) atoms. The fraction of sp³-hybridized carbons (Fsp3) is 0.188. The molecule has 0 saturated carbocycles. The van der Waals surface area contributed by atoms with E-state index in [1.54, 1.807) is 19.2 Å². The van der Waals surface area contributed by atoms with E-state index in [9.17, 15) is 4.79 Å². The fourth-order valence-corrected chi connectivity index (χ4v) is 2.56. The van der Waals surface area contributed by atoms with E-state index in [1.807, 2.05) is 38.2 Å². The van der Waals surface area contributed by atoms with Crippen molar-refractivity contribution in [1.82, 2.24) is 0 Å². The number of benzene rings is 2. The first-order valence-electron chi connectivity index (χ1n) is 6.48. The topological polar surface area (TPSA) is 50.4 Å². The van der Waals surface area contributed by atoms with Crippen molar-refractivity contribution in [2.45, 2.75) is 6.92 Å². The summed E-state index contributed by atoms with van der Waals surface area (Å²) < 4.78 is 5.96. The number of methoxy groups -OCH3 is 1. The van der Waals surface area contributed by atoms with Crippen LogP contribution in [-0.4, -0.2) is 20.1 Å². The van der Waals surface area contributed by atoms with Crippen molar-refractivity contribution in [3.05, 3.63) is 52.0 Å². The SMILES string of the molecule is CNc1ccc(C(=O)Nc2ccc(OC)c(Br)c2)c(C)c1. The van der Waals surface area contributed by atoms with Gasteiger partial charge >= 0.3 is 0 Å². The molecule has 5 heteroatoms. The smallest absolute Gasteiger partial charge is 0.255 e. The Kier molecular flexibility index (Phi) is 4.85. The molecule has 4 nitrogen and oxygen atoms in total. The Morgan fingerprint density at radius 3 is 2.43 bits per heavy atom. The molecule has 0 aliphatic carbocycles. The molecule has 0 spiro atoms. The van der Waals surface area contributed by atoms with E-state index in [1.165, 1.54) is 0 Å². The Balaban J connectivity index is 2.20. The highest BCUT2D eigenvalue weighted by Crippen LogP contribution is 2.28. The number of carbonyl (C=O) groups excluding carboxylic acids is 1. The lowest BCUT2D eigenvalue weighted by Gasteiger charge is -2.11. The third kappa shape index (κ3) is 3.55. The van der Waals surface area contributed by atoms with Crippen LogP contribution in [0.25, 0.3) is 0 Å². The maximum Gasteiger partial charge on any atom is 0.255 e. The Morgan fingerprint density at radius 2 is 1.86 bits per heavy atom. The van der Waals surface area contributed by atoms with Crippen LogP contribution in [0.1, 0.15) is 15.9 Å². The summed E-state index contributed by atoms with van der Waals surface area (Å²) >= 11 is 3.40. The number of nitrogens with one attached hydrogen (secondary N) is 2. The number of anilines is 2. The van der Waals surface area contributed by atoms with Crippen LogP contribution in [0.15, 0.2) is 40.9 Å². The van der Waals surface area contributed by atoms with E-state index in [0.29, 0.717) is 11.3 Å². The van der Waals surface area contributed by atoms with Crippen molar-refractivity contribution in [3.63, 3.8) is 0 Å². The minimum Gasteiger partial charge on any atom is -0.496 e. The van der Waals surface area contributed by atoms with Gasteiger partial charge in [-0.1, -0.05) is 0 Å². The van der Waals surface area contributed by atoms with Gasteiger partial charge in [0.15, 0.2) is 0 Å². The highest BCUT2D eigenvalue weighted by Gasteiger charge is 2.10. The summed E-state index contributed by atoms with van der Waals surface area (Å²) in [5.74, 6) is 0.592. The summed E-state index contributed by atoms with van der Waals surface area (Å²) in [6, 6.07) is 11.1. The van der Waals surface area contributed by atoms with E-state index < -0.39 is 0 Å². The normalized spacial score (nSPS) is 10.1. The maximum absolute atomic E-state index is 12.3. The average molecular weight is 349 g/mol. The molecule has 2 N–H and O–H groups in total. The van der Waals surface area contributed by atoms with Crippen molar-refractivity contribution in [1.29, 1.82) is 0 Å². The van der Waals surface area contributed by atoms with Crippen molar-refractivity contribution in [3.8, 4) is 5.75 Å². The predicted octanol–water partition coefficient (Wildman–Crippen LogP) is 4.06. The molecule has 0 fully saturated rings. The molecule has 2 aromatic rings. The van der Waals surface area contributed by atoms with Gasteiger partial charge in [-0.2, -0.15) is 0 Å². The molecule has 110 valence electrons. The summed E-state index contributed by atoms with van der Waals surface area (Å²) in [5, 5.41) is 5.94. The van der Waals surface area contributed by atoms with Gasteiger partial charge in [0.2, 0.25) is 0 Å². The minimum atomic E-state index is -0.132. The van der Waals surface area contributed by atoms with Crippen LogP contribution in [-0.2, 0) is 0 Å². The molecule has 0 aromatic heterocycles. The van der Waals surface area contributed by atoms with Gasteiger partial charge in [-0.15, -0.1) is 0 Å². The number of amides is 1. The first-order chi connectivity index (χ1) is 10.0. The molecule has 0 saturated heterocycles. The quantitative estimate of drug-likeness (QED) is 0.875. The van der Waals surface area contributed by atoms with Gasteiger partial charge in [-0.25, -0.2) is 0 Å². The van der Waals surface area contributed by atoms with Crippen LogP contribution >= 0.6 is 15.9 Å². The second-order valence-electron chi connectivity index (χ2n) is 4.58. The molecule has 2 aromatic carbocycles. The van der Waals surface area contributed by atoms with Crippen LogP contribution in [0.3, 0.4) is 0 Å². The highest BCUT2D eigenvalue weighted by molar-refractivity contribution is 9.10. The van der Waals surface area contributed by atoms with Gasteiger partial charge in [0, 0.05) is 24.0 Å². The van der Waals surface area contributed by atoms with E-state index >= 15 is 0 Å². The van der Waals surface area contributed by atoms with Gasteiger partial charge in [0.1, 0.15) is 5.75 Å². The monoisotopic (exact) mass is 348 g/mol. The number of aryl methyl sites for hydroxylation is 1. The van der Waals surface area contributed by atoms with Gasteiger partial charge in [0.05, 0.1) is 11.6 Å². The highest BCUT2D eigenvalue weighted by atomic mass is 79.9. The van der Waals surface area contributed by atoms with Crippen LogP contribution in [0.2, 0.25) is 0 Å². The molecule has 0 unspecified atom stereocenters. The predicted molar refractivity (Wildman–Crippen MR) is 89.4 cm³/mol. The molecular formula is C16H17BrN2O2. The number of carbonyl (C=O) groups is 1.